The zero-order valence-corrected chi connectivity index (χ0v) is 9.14. The highest BCUT2D eigenvalue weighted by atomic mass is 32.1. The second-order valence-corrected chi connectivity index (χ2v) is 4.53. The molecule has 0 aromatic carbocycles. The van der Waals surface area contributed by atoms with E-state index >= 15 is 0 Å². The van der Waals surface area contributed by atoms with Gasteiger partial charge < -0.3 is 0 Å². The lowest BCUT2D eigenvalue weighted by Crippen LogP contribution is -2.27. The summed E-state index contributed by atoms with van der Waals surface area (Å²) in [6, 6.07) is 0. The van der Waals surface area contributed by atoms with Crippen LogP contribution in [0, 0.1) is 17.8 Å². The molecular formula is C10H19NS. The summed E-state index contributed by atoms with van der Waals surface area (Å²) in [7, 11) is 0. The van der Waals surface area contributed by atoms with E-state index in [0.29, 0.717) is 5.92 Å². The normalized spacial score (nSPS) is 34.6. The third-order valence-corrected chi connectivity index (χ3v) is 3.15. The van der Waals surface area contributed by atoms with Crippen molar-refractivity contribution in [2.24, 2.45) is 22.2 Å². The molecule has 12 heavy (non-hydrogen) atoms. The number of rotatable bonds is 1. The van der Waals surface area contributed by atoms with Crippen LogP contribution < -0.4 is 0 Å². The minimum Gasteiger partial charge on any atom is -0.229 e. The molecule has 1 rings (SSSR count). The van der Waals surface area contributed by atoms with Crippen molar-refractivity contribution >= 4 is 18.5 Å². The van der Waals surface area contributed by atoms with Crippen molar-refractivity contribution in [1.29, 1.82) is 0 Å². The summed E-state index contributed by atoms with van der Waals surface area (Å²) in [5, 5.41) is 0. The van der Waals surface area contributed by atoms with Gasteiger partial charge in [-0.1, -0.05) is 20.8 Å². The van der Waals surface area contributed by atoms with E-state index in [1.54, 1.807) is 0 Å². The van der Waals surface area contributed by atoms with Crippen molar-refractivity contribution in [3.05, 3.63) is 0 Å². The lowest BCUT2D eigenvalue weighted by molar-refractivity contribution is 0.366. The monoisotopic (exact) mass is 185 g/mol. The zero-order chi connectivity index (χ0) is 9.14. The first-order valence-electron chi connectivity index (χ1n) is 4.86. The van der Waals surface area contributed by atoms with Crippen molar-refractivity contribution in [3.8, 4) is 0 Å². The Morgan fingerprint density at radius 1 is 1.42 bits per heavy atom. The molecule has 0 bridgehead atoms. The average Bonchev–Trinajstić information content (AvgIpc) is 2.03. The first-order chi connectivity index (χ1) is 5.65. The van der Waals surface area contributed by atoms with Gasteiger partial charge in [0.1, 0.15) is 0 Å². The highest BCUT2D eigenvalue weighted by Gasteiger charge is 2.26. The van der Waals surface area contributed by atoms with Gasteiger partial charge in [0.25, 0.3) is 0 Å². The first kappa shape index (κ1) is 10.1. The van der Waals surface area contributed by atoms with Gasteiger partial charge in [-0.2, -0.15) is 0 Å². The van der Waals surface area contributed by atoms with E-state index in [1.807, 2.05) is 0 Å². The molecule has 0 aromatic rings. The molecule has 0 saturated heterocycles. The molecule has 1 nitrogen and oxygen atoms in total. The van der Waals surface area contributed by atoms with Gasteiger partial charge in [0.15, 0.2) is 0 Å². The van der Waals surface area contributed by atoms with Gasteiger partial charge >= 0.3 is 0 Å². The van der Waals surface area contributed by atoms with Crippen LogP contribution in [0.2, 0.25) is 0 Å². The van der Waals surface area contributed by atoms with Gasteiger partial charge in [0, 0.05) is 11.6 Å². The molecule has 1 aliphatic carbocycles. The summed E-state index contributed by atoms with van der Waals surface area (Å²) in [5.41, 5.74) is 1.33. The molecule has 1 saturated carbocycles. The lowest BCUT2D eigenvalue weighted by atomic mass is 9.76. The van der Waals surface area contributed by atoms with Gasteiger partial charge in [0.2, 0.25) is 0 Å². The van der Waals surface area contributed by atoms with Gasteiger partial charge in [-0.3, -0.25) is 0 Å². The summed E-state index contributed by atoms with van der Waals surface area (Å²) >= 11 is 4.05. The van der Waals surface area contributed by atoms with Gasteiger partial charge in [0.05, 0.1) is 0 Å². The van der Waals surface area contributed by atoms with Gasteiger partial charge in [-0.05, 0) is 43.9 Å². The van der Waals surface area contributed by atoms with E-state index in [1.165, 1.54) is 18.6 Å². The Balaban J connectivity index is 2.63. The fraction of sp³-hybridized carbons (Fsp3) is 0.900. The molecule has 0 N–H and O–H groups in total. The zero-order valence-electron chi connectivity index (χ0n) is 8.25. The molecule has 2 atom stereocenters. The fourth-order valence-corrected chi connectivity index (χ4v) is 2.30. The number of hydrogen-bond acceptors (Lipinski definition) is 2. The maximum atomic E-state index is 4.11. The Morgan fingerprint density at radius 2 is 2.08 bits per heavy atom. The molecule has 70 valence electrons. The molecule has 0 aliphatic heterocycles. The molecular weight excluding hydrogens is 166 g/mol. The summed E-state index contributed by atoms with van der Waals surface area (Å²) in [5.74, 6) is 2.23. The topological polar surface area (TPSA) is 12.4 Å². The molecule has 0 spiro atoms. The Labute approximate surface area is 81.2 Å². The number of thiol groups is 1. The van der Waals surface area contributed by atoms with Crippen LogP contribution in [-0.4, -0.2) is 5.71 Å². The van der Waals surface area contributed by atoms with Crippen molar-refractivity contribution in [3.63, 3.8) is 0 Å². The predicted octanol–water partition coefficient (Wildman–Crippen LogP) is 3.36. The van der Waals surface area contributed by atoms with Crippen molar-refractivity contribution < 1.29 is 0 Å². The van der Waals surface area contributed by atoms with Crippen LogP contribution >= 0.6 is 12.8 Å². The van der Waals surface area contributed by atoms with E-state index in [-0.39, 0.29) is 0 Å². The van der Waals surface area contributed by atoms with Crippen LogP contribution in [-0.2, 0) is 0 Å². The highest BCUT2D eigenvalue weighted by Crippen LogP contribution is 2.31. The second-order valence-electron chi connectivity index (χ2n) is 4.33. The van der Waals surface area contributed by atoms with Crippen LogP contribution in [0.4, 0.5) is 0 Å². The van der Waals surface area contributed by atoms with Crippen LogP contribution in [0.15, 0.2) is 4.40 Å². The molecule has 1 aliphatic rings. The van der Waals surface area contributed by atoms with E-state index in [0.717, 1.165) is 18.3 Å². The maximum absolute atomic E-state index is 4.11. The molecule has 0 heterocycles. The first-order valence-corrected chi connectivity index (χ1v) is 5.26. The molecule has 0 amide bonds. The van der Waals surface area contributed by atoms with Crippen molar-refractivity contribution in [2.45, 2.75) is 40.0 Å². The van der Waals surface area contributed by atoms with Crippen LogP contribution in [0.1, 0.15) is 40.0 Å². The minimum absolute atomic E-state index is 0.693. The van der Waals surface area contributed by atoms with Gasteiger partial charge in [-0.25, -0.2) is 4.40 Å². The quantitative estimate of drug-likeness (QED) is 0.601. The number of nitrogens with zero attached hydrogens (tertiary/aromatic N) is 1. The fourth-order valence-electron chi connectivity index (χ4n) is 2.07. The SMILES string of the molecule is CC1CCC(C(C)C)/C(=N/S)C1. The maximum Gasteiger partial charge on any atom is 0.0295 e. The molecule has 0 radical (unpaired) electrons. The van der Waals surface area contributed by atoms with E-state index in [4.69, 9.17) is 0 Å². The largest absolute Gasteiger partial charge is 0.229 e. The van der Waals surface area contributed by atoms with Crippen LogP contribution in [0.5, 0.6) is 0 Å². The standard InChI is InChI=1S/C10H19NS/c1-7(2)9-5-4-8(3)6-10(9)11-12/h7-9,12H,4-6H2,1-3H3/b11-10+. The van der Waals surface area contributed by atoms with Crippen molar-refractivity contribution in [1.82, 2.24) is 0 Å². The summed E-state index contributed by atoms with van der Waals surface area (Å²) in [6.07, 6.45) is 3.82. The third-order valence-electron chi connectivity index (χ3n) is 2.89. The van der Waals surface area contributed by atoms with E-state index < -0.39 is 0 Å². The van der Waals surface area contributed by atoms with E-state index in [2.05, 4.69) is 38.0 Å². The molecule has 2 unspecified atom stereocenters. The van der Waals surface area contributed by atoms with Crippen LogP contribution in [0.25, 0.3) is 0 Å². The number of hydrogen-bond donors (Lipinski definition) is 1. The third kappa shape index (κ3) is 2.25. The van der Waals surface area contributed by atoms with Crippen molar-refractivity contribution in [2.75, 3.05) is 0 Å². The minimum atomic E-state index is 0.693. The Hall–Kier alpha value is 0.0200. The summed E-state index contributed by atoms with van der Waals surface area (Å²) in [6.45, 7) is 6.86. The summed E-state index contributed by atoms with van der Waals surface area (Å²) in [4.78, 5) is 0. The second kappa shape index (κ2) is 4.31. The van der Waals surface area contributed by atoms with Crippen LogP contribution in [0.3, 0.4) is 0 Å². The smallest absolute Gasteiger partial charge is 0.0295 e. The Kier molecular flexibility index (Phi) is 3.63. The Bertz CT molecular complexity index is 175. The molecule has 2 heteroatoms. The highest BCUT2D eigenvalue weighted by molar-refractivity contribution is 7.79. The predicted molar refractivity (Wildman–Crippen MR) is 57.8 cm³/mol. The molecule has 0 aromatic heterocycles. The van der Waals surface area contributed by atoms with Gasteiger partial charge in [-0.15, -0.1) is 0 Å². The summed E-state index contributed by atoms with van der Waals surface area (Å²) < 4.78 is 4.11. The Morgan fingerprint density at radius 3 is 2.58 bits per heavy atom. The molecule has 1 fully saturated rings. The lowest BCUT2D eigenvalue weighted by Gasteiger charge is -2.30. The van der Waals surface area contributed by atoms with E-state index in [9.17, 15) is 0 Å². The average molecular weight is 185 g/mol.